The SMILES string of the molecule is COC[C@H]1CC[C@H](CC(=O)NC2CCC(CCN3CCC(C(=O)c4ccc(F)cc4)CC3)CC2)CC1. The lowest BCUT2D eigenvalue weighted by Crippen LogP contribution is -2.40. The lowest BCUT2D eigenvalue weighted by Gasteiger charge is -2.34. The first-order chi connectivity index (χ1) is 17.5. The van der Waals surface area contributed by atoms with Crippen molar-refractivity contribution < 1.29 is 18.7 Å². The Bertz CT molecular complexity index is 821. The average molecular weight is 501 g/mol. The van der Waals surface area contributed by atoms with Gasteiger partial charge in [0.1, 0.15) is 5.82 Å². The van der Waals surface area contributed by atoms with Crippen molar-refractivity contribution in [3.8, 4) is 0 Å². The van der Waals surface area contributed by atoms with E-state index in [1.807, 2.05) is 0 Å². The van der Waals surface area contributed by atoms with Crippen LogP contribution < -0.4 is 5.32 Å². The molecule has 1 aliphatic heterocycles. The summed E-state index contributed by atoms with van der Waals surface area (Å²) in [5.41, 5.74) is 0.633. The van der Waals surface area contributed by atoms with E-state index in [1.165, 1.54) is 44.2 Å². The smallest absolute Gasteiger partial charge is 0.220 e. The van der Waals surface area contributed by atoms with E-state index in [9.17, 15) is 14.0 Å². The fourth-order valence-electron chi connectivity index (χ4n) is 6.62. The molecule has 0 spiro atoms. The Hall–Kier alpha value is -1.79. The molecule has 1 aromatic carbocycles. The number of halogens is 1. The number of amides is 1. The average Bonchev–Trinajstić information content (AvgIpc) is 2.90. The number of hydrogen-bond donors (Lipinski definition) is 1. The van der Waals surface area contributed by atoms with Crippen LogP contribution in [-0.4, -0.2) is 56.0 Å². The van der Waals surface area contributed by atoms with E-state index in [1.54, 1.807) is 19.2 Å². The molecular weight excluding hydrogens is 455 g/mol. The maximum absolute atomic E-state index is 13.1. The molecule has 2 aliphatic carbocycles. The second kappa shape index (κ2) is 13.7. The summed E-state index contributed by atoms with van der Waals surface area (Å²) in [4.78, 5) is 27.8. The molecule has 0 radical (unpaired) electrons. The van der Waals surface area contributed by atoms with Gasteiger partial charge in [-0.05, 0) is 132 Å². The van der Waals surface area contributed by atoms with E-state index in [0.717, 1.165) is 70.7 Å². The van der Waals surface area contributed by atoms with E-state index >= 15 is 0 Å². The van der Waals surface area contributed by atoms with Crippen LogP contribution in [0, 0.1) is 29.5 Å². The van der Waals surface area contributed by atoms with Gasteiger partial charge in [-0.25, -0.2) is 4.39 Å². The lowest BCUT2D eigenvalue weighted by atomic mass is 9.80. The number of nitrogens with one attached hydrogen (secondary N) is 1. The molecule has 3 fully saturated rings. The number of methoxy groups -OCH3 is 1. The van der Waals surface area contributed by atoms with Crippen LogP contribution in [0.4, 0.5) is 4.39 Å². The zero-order chi connectivity index (χ0) is 25.3. The number of likely N-dealkylation sites (tertiary alicyclic amines) is 1. The fourth-order valence-corrected chi connectivity index (χ4v) is 6.62. The highest BCUT2D eigenvalue weighted by Gasteiger charge is 2.28. The number of Topliss-reactive ketones (excluding diaryl/α,β-unsaturated/α-hetero) is 1. The number of nitrogens with zero attached hydrogens (tertiary/aromatic N) is 1. The van der Waals surface area contributed by atoms with Gasteiger partial charge in [0.2, 0.25) is 5.91 Å². The van der Waals surface area contributed by atoms with E-state index in [0.29, 0.717) is 29.9 Å². The predicted octanol–water partition coefficient (Wildman–Crippen LogP) is 5.63. The number of piperidine rings is 1. The molecule has 36 heavy (non-hydrogen) atoms. The molecule has 0 aromatic heterocycles. The molecule has 1 heterocycles. The molecule has 1 aromatic rings. The highest BCUT2D eigenvalue weighted by molar-refractivity contribution is 5.97. The maximum Gasteiger partial charge on any atom is 0.220 e. The lowest BCUT2D eigenvalue weighted by molar-refractivity contribution is -0.123. The van der Waals surface area contributed by atoms with Gasteiger partial charge in [-0.3, -0.25) is 9.59 Å². The summed E-state index contributed by atoms with van der Waals surface area (Å²) in [5, 5.41) is 3.33. The first-order valence-electron chi connectivity index (χ1n) is 14.3. The molecule has 0 atom stereocenters. The number of carbonyl (C=O) groups excluding carboxylic acids is 2. The molecule has 0 bridgehead atoms. The van der Waals surface area contributed by atoms with Crippen LogP contribution in [0.3, 0.4) is 0 Å². The number of rotatable bonds is 10. The molecule has 1 amide bonds. The summed E-state index contributed by atoms with van der Waals surface area (Å²) in [6, 6.07) is 6.32. The minimum atomic E-state index is -0.297. The van der Waals surface area contributed by atoms with Crippen molar-refractivity contribution in [3.05, 3.63) is 35.6 Å². The van der Waals surface area contributed by atoms with Crippen LogP contribution in [0.1, 0.15) is 87.4 Å². The van der Waals surface area contributed by atoms with Crippen molar-refractivity contribution in [2.45, 2.75) is 83.1 Å². The van der Waals surface area contributed by atoms with Crippen molar-refractivity contribution in [2.24, 2.45) is 23.7 Å². The number of hydrogen-bond acceptors (Lipinski definition) is 4. The highest BCUT2D eigenvalue weighted by atomic mass is 19.1. The quantitative estimate of drug-likeness (QED) is 0.423. The van der Waals surface area contributed by atoms with Crippen LogP contribution in [0.15, 0.2) is 24.3 Å². The minimum Gasteiger partial charge on any atom is -0.384 e. The van der Waals surface area contributed by atoms with Crippen molar-refractivity contribution in [1.82, 2.24) is 10.2 Å². The van der Waals surface area contributed by atoms with Crippen molar-refractivity contribution in [3.63, 3.8) is 0 Å². The molecule has 1 N–H and O–H groups in total. The summed E-state index contributed by atoms with van der Waals surface area (Å²) < 4.78 is 18.4. The Kier molecular flexibility index (Phi) is 10.3. The number of carbonyl (C=O) groups is 2. The zero-order valence-electron chi connectivity index (χ0n) is 22.1. The third-order valence-corrected chi connectivity index (χ3v) is 9.00. The fraction of sp³-hybridized carbons (Fsp3) is 0.733. The summed E-state index contributed by atoms with van der Waals surface area (Å²) in [5.74, 6) is 2.15. The summed E-state index contributed by atoms with van der Waals surface area (Å²) >= 11 is 0. The first-order valence-corrected chi connectivity index (χ1v) is 14.3. The van der Waals surface area contributed by atoms with Gasteiger partial charge in [0.15, 0.2) is 5.78 Å². The van der Waals surface area contributed by atoms with Gasteiger partial charge in [-0.1, -0.05) is 0 Å². The van der Waals surface area contributed by atoms with Gasteiger partial charge in [0, 0.05) is 37.7 Å². The zero-order valence-corrected chi connectivity index (χ0v) is 22.1. The first kappa shape index (κ1) is 27.3. The van der Waals surface area contributed by atoms with Crippen molar-refractivity contribution >= 4 is 11.7 Å². The summed E-state index contributed by atoms with van der Waals surface area (Å²) in [6.07, 6.45) is 13.0. The largest absolute Gasteiger partial charge is 0.384 e. The number of ether oxygens (including phenoxy) is 1. The van der Waals surface area contributed by atoms with Crippen LogP contribution in [0.25, 0.3) is 0 Å². The Balaban J connectivity index is 1.07. The molecule has 6 heteroatoms. The van der Waals surface area contributed by atoms with E-state index in [2.05, 4.69) is 10.2 Å². The number of benzene rings is 1. The topological polar surface area (TPSA) is 58.6 Å². The molecule has 0 unspecified atom stereocenters. The molecule has 4 rings (SSSR count). The van der Waals surface area contributed by atoms with Gasteiger partial charge in [-0.15, -0.1) is 0 Å². The van der Waals surface area contributed by atoms with Crippen molar-refractivity contribution in [2.75, 3.05) is 33.4 Å². The third kappa shape index (κ3) is 8.11. The maximum atomic E-state index is 13.1. The molecule has 2 saturated carbocycles. The van der Waals surface area contributed by atoms with E-state index in [-0.39, 0.29) is 23.4 Å². The molecule has 200 valence electrons. The van der Waals surface area contributed by atoms with Crippen LogP contribution >= 0.6 is 0 Å². The molecular formula is C30H45FN2O3. The third-order valence-electron chi connectivity index (χ3n) is 9.00. The van der Waals surface area contributed by atoms with Gasteiger partial charge in [-0.2, -0.15) is 0 Å². The van der Waals surface area contributed by atoms with E-state index in [4.69, 9.17) is 4.74 Å². The second-order valence-corrected chi connectivity index (χ2v) is 11.6. The molecule has 3 aliphatic rings. The predicted molar refractivity (Wildman–Crippen MR) is 140 cm³/mol. The van der Waals surface area contributed by atoms with Crippen molar-refractivity contribution in [1.29, 1.82) is 0 Å². The Morgan fingerprint density at radius 1 is 0.889 bits per heavy atom. The van der Waals surface area contributed by atoms with Crippen LogP contribution in [0.5, 0.6) is 0 Å². The van der Waals surface area contributed by atoms with Gasteiger partial charge in [0.25, 0.3) is 0 Å². The minimum absolute atomic E-state index is 0.0613. The van der Waals surface area contributed by atoms with Gasteiger partial charge in [0.05, 0.1) is 0 Å². The van der Waals surface area contributed by atoms with Gasteiger partial charge < -0.3 is 15.0 Å². The molecule has 5 nitrogen and oxygen atoms in total. The normalized spacial score (nSPS) is 28.1. The van der Waals surface area contributed by atoms with E-state index < -0.39 is 0 Å². The Morgan fingerprint density at radius 2 is 1.50 bits per heavy atom. The summed E-state index contributed by atoms with van der Waals surface area (Å²) in [7, 11) is 1.78. The van der Waals surface area contributed by atoms with Crippen LogP contribution in [0.2, 0.25) is 0 Å². The van der Waals surface area contributed by atoms with Gasteiger partial charge >= 0.3 is 0 Å². The highest BCUT2D eigenvalue weighted by Crippen LogP contribution is 2.32. The second-order valence-electron chi connectivity index (χ2n) is 11.6. The summed E-state index contributed by atoms with van der Waals surface area (Å²) in [6.45, 7) is 3.90. The number of ketones is 1. The standard InChI is InChI=1S/C30H45FN2O3/c1-36-21-24-4-2-23(3-5-24)20-29(34)32-28-12-6-22(7-13-28)14-17-33-18-15-26(16-19-33)30(35)25-8-10-27(31)11-9-25/h8-11,22-24,26,28H,2-7,12-21H2,1H3,(H,32,34)/t22?,23-,24-,28?. The monoisotopic (exact) mass is 500 g/mol. The Labute approximate surface area is 216 Å². The Morgan fingerprint density at radius 3 is 2.14 bits per heavy atom. The molecule has 1 saturated heterocycles. The van der Waals surface area contributed by atoms with Crippen LogP contribution in [-0.2, 0) is 9.53 Å².